The van der Waals surface area contributed by atoms with E-state index in [0.29, 0.717) is 0 Å². The molecule has 0 saturated carbocycles. The summed E-state index contributed by atoms with van der Waals surface area (Å²) in [7, 11) is 1.72. The van der Waals surface area contributed by atoms with Crippen molar-refractivity contribution >= 4 is 11.7 Å². The molecule has 1 rings (SSSR count). The van der Waals surface area contributed by atoms with Crippen molar-refractivity contribution in [2.45, 2.75) is 6.04 Å². The molecule has 0 amide bonds. The fourth-order valence-corrected chi connectivity index (χ4v) is 1.21. The number of likely N-dealkylation sites (N-methyl/N-ethyl adjacent to an activating group) is 1. The minimum absolute atomic E-state index is 0.142. The number of nitrogens with two attached hydrogens (primary N) is 1. The maximum Gasteiger partial charge on any atom is 0.322 e. The molecule has 0 radical (unpaired) electrons. The summed E-state index contributed by atoms with van der Waals surface area (Å²) >= 11 is 0. The van der Waals surface area contributed by atoms with Gasteiger partial charge in [-0.05, 0) is 12.1 Å². The standard InChI is InChI=1S/C10H14N2O3/c1-12(6-9(11)10(14)15)7-3-2-4-8(13)5-7/h2-5,9,13H,6,11H2,1H3,(H,14,15). The minimum atomic E-state index is -1.04. The van der Waals surface area contributed by atoms with Crippen molar-refractivity contribution in [2.75, 3.05) is 18.5 Å². The summed E-state index contributed by atoms with van der Waals surface area (Å²) in [6.45, 7) is 0.193. The Bertz CT molecular complexity index is 354. The van der Waals surface area contributed by atoms with Crippen LogP contribution in [0.2, 0.25) is 0 Å². The molecule has 1 unspecified atom stereocenters. The maximum atomic E-state index is 10.5. The molecule has 0 aliphatic heterocycles. The van der Waals surface area contributed by atoms with Crippen LogP contribution in [-0.2, 0) is 4.79 Å². The van der Waals surface area contributed by atoms with E-state index in [9.17, 15) is 9.90 Å². The summed E-state index contributed by atoms with van der Waals surface area (Å²) in [6.07, 6.45) is 0. The molecule has 0 spiro atoms. The van der Waals surface area contributed by atoms with Gasteiger partial charge in [0, 0.05) is 25.3 Å². The van der Waals surface area contributed by atoms with Crippen LogP contribution in [0.1, 0.15) is 0 Å². The van der Waals surface area contributed by atoms with Crippen molar-refractivity contribution in [3.8, 4) is 5.75 Å². The van der Waals surface area contributed by atoms with Gasteiger partial charge in [-0.15, -0.1) is 0 Å². The predicted octanol–water partition coefficient (Wildman–Crippen LogP) is 0.240. The van der Waals surface area contributed by atoms with Gasteiger partial charge in [-0.2, -0.15) is 0 Å². The first-order valence-corrected chi connectivity index (χ1v) is 4.49. The molecule has 1 aromatic carbocycles. The smallest absolute Gasteiger partial charge is 0.322 e. The molecule has 0 aliphatic rings. The molecular formula is C10H14N2O3. The van der Waals surface area contributed by atoms with Crippen molar-refractivity contribution in [3.05, 3.63) is 24.3 Å². The van der Waals surface area contributed by atoms with Gasteiger partial charge >= 0.3 is 5.97 Å². The zero-order valence-electron chi connectivity index (χ0n) is 8.42. The summed E-state index contributed by atoms with van der Waals surface area (Å²) < 4.78 is 0. The lowest BCUT2D eigenvalue weighted by Crippen LogP contribution is -2.41. The van der Waals surface area contributed by atoms with Crippen LogP contribution in [-0.4, -0.2) is 35.8 Å². The summed E-state index contributed by atoms with van der Waals surface area (Å²) in [6, 6.07) is 5.63. The highest BCUT2D eigenvalue weighted by Gasteiger charge is 2.14. The highest BCUT2D eigenvalue weighted by atomic mass is 16.4. The number of aromatic hydroxyl groups is 1. The highest BCUT2D eigenvalue weighted by Crippen LogP contribution is 2.18. The summed E-state index contributed by atoms with van der Waals surface area (Å²) in [5, 5.41) is 17.9. The number of carboxylic acid groups (broad SMARTS) is 1. The largest absolute Gasteiger partial charge is 0.508 e. The lowest BCUT2D eigenvalue weighted by molar-refractivity contribution is -0.138. The first-order chi connectivity index (χ1) is 7.00. The molecule has 82 valence electrons. The predicted molar refractivity (Wildman–Crippen MR) is 57.0 cm³/mol. The van der Waals surface area contributed by atoms with Gasteiger partial charge in [0.2, 0.25) is 0 Å². The number of carboxylic acids is 1. The number of anilines is 1. The van der Waals surface area contributed by atoms with Gasteiger partial charge in [0.25, 0.3) is 0 Å². The van der Waals surface area contributed by atoms with Crippen LogP contribution in [0.5, 0.6) is 5.75 Å². The third-order valence-corrected chi connectivity index (χ3v) is 2.06. The van der Waals surface area contributed by atoms with Gasteiger partial charge in [0.1, 0.15) is 11.8 Å². The monoisotopic (exact) mass is 210 g/mol. The fraction of sp³-hybridized carbons (Fsp3) is 0.300. The average Bonchev–Trinajstić information content (AvgIpc) is 2.17. The van der Waals surface area contributed by atoms with Crippen LogP contribution in [0, 0.1) is 0 Å². The van der Waals surface area contributed by atoms with Crippen LogP contribution in [0.25, 0.3) is 0 Å². The van der Waals surface area contributed by atoms with Crippen molar-refractivity contribution in [1.82, 2.24) is 0 Å². The van der Waals surface area contributed by atoms with Crippen LogP contribution < -0.4 is 10.6 Å². The van der Waals surface area contributed by atoms with E-state index in [0.717, 1.165) is 5.69 Å². The van der Waals surface area contributed by atoms with E-state index in [-0.39, 0.29) is 12.3 Å². The van der Waals surface area contributed by atoms with E-state index in [1.807, 2.05) is 0 Å². The highest BCUT2D eigenvalue weighted by molar-refractivity contribution is 5.74. The molecular weight excluding hydrogens is 196 g/mol. The van der Waals surface area contributed by atoms with Gasteiger partial charge in [-0.25, -0.2) is 0 Å². The lowest BCUT2D eigenvalue weighted by Gasteiger charge is -2.21. The number of rotatable bonds is 4. The van der Waals surface area contributed by atoms with Gasteiger partial charge in [0.05, 0.1) is 0 Å². The Balaban J connectivity index is 2.68. The van der Waals surface area contributed by atoms with Crippen LogP contribution in [0.15, 0.2) is 24.3 Å². The molecule has 1 aromatic rings. The molecule has 0 heterocycles. The van der Waals surface area contributed by atoms with Crippen LogP contribution >= 0.6 is 0 Å². The second-order valence-electron chi connectivity index (χ2n) is 3.35. The Morgan fingerprint density at radius 3 is 2.80 bits per heavy atom. The third-order valence-electron chi connectivity index (χ3n) is 2.06. The molecule has 5 nitrogen and oxygen atoms in total. The van der Waals surface area contributed by atoms with E-state index in [1.54, 1.807) is 36.2 Å². The van der Waals surface area contributed by atoms with E-state index >= 15 is 0 Å². The molecule has 5 heteroatoms. The van der Waals surface area contributed by atoms with Gasteiger partial charge in [0.15, 0.2) is 0 Å². The Hall–Kier alpha value is -1.75. The van der Waals surface area contributed by atoms with Gasteiger partial charge in [-0.3, -0.25) is 4.79 Å². The zero-order chi connectivity index (χ0) is 11.4. The number of aliphatic carboxylic acids is 1. The number of phenolic OH excluding ortho intramolecular Hbond substituents is 1. The molecule has 15 heavy (non-hydrogen) atoms. The Morgan fingerprint density at radius 2 is 2.27 bits per heavy atom. The lowest BCUT2D eigenvalue weighted by atomic mass is 10.2. The molecule has 4 N–H and O–H groups in total. The number of hydrogen-bond acceptors (Lipinski definition) is 4. The van der Waals surface area contributed by atoms with Crippen molar-refractivity contribution in [2.24, 2.45) is 5.73 Å². The van der Waals surface area contributed by atoms with Crippen molar-refractivity contribution in [3.63, 3.8) is 0 Å². The Labute approximate surface area is 87.7 Å². The molecule has 0 fully saturated rings. The normalized spacial score (nSPS) is 12.1. The molecule has 0 aliphatic carbocycles. The molecule has 0 aromatic heterocycles. The maximum absolute atomic E-state index is 10.5. The van der Waals surface area contributed by atoms with E-state index < -0.39 is 12.0 Å². The first-order valence-electron chi connectivity index (χ1n) is 4.49. The van der Waals surface area contributed by atoms with E-state index in [1.165, 1.54) is 0 Å². The van der Waals surface area contributed by atoms with E-state index in [4.69, 9.17) is 10.8 Å². The third kappa shape index (κ3) is 3.14. The van der Waals surface area contributed by atoms with Crippen molar-refractivity contribution < 1.29 is 15.0 Å². The zero-order valence-corrected chi connectivity index (χ0v) is 8.42. The topological polar surface area (TPSA) is 86.8 Å². The molecule has 0 saturated heterocycles. The number of carbonyl (C=O) groups is 1. The van der Waals surface area contributed by atoms with Crippen LogP contribution in [0.3, 0.4) is 0 Å². The van der Waals surface area contributed by atoms with E-state index in [2.05, 4.69) is 0 Å². The number of nitrogens with zero attached hydrogens (tertiary/aromatic N) is 1. The average molecular weight is 210 g/mol. The summed E-state index contributed by atoms with van der Waals surface area (Å²) in [5.74, 6) is -0.898. The summed E-state index contributed by atoms with van der Waals surface area (Å²) in [4.78, 5) is 12.2. The van der Waals surface area contributed by atoms with Crippen LogP contribution in [0.4, 0.5) is 5.69 Å². The fourth-order valence-electron chi connectivity index (χ4n) is 1.21. The first kappa shape index (κ1) is 11.3. The Morgan fingerprint density at radius 1 is 1.60 bits per heavy atom. The van der Waals surface area contributed by atoms with Crippen molar-refractivity contribution in [1.29, 1.82) is 0 Å². The van der Waals surface area contributed by atoms with Gasteiger partial charge < -0.3 is 20.8 Å². The SMILES string of the molecule is CN(CC(N)C(=O)O)c1cccc(O)c1. The number of benzene rings is 1. The number of hydrogen-bond donors (Lipinski definition) is 3. The molecule has 0 bridgehead atoms. The number of phenols is 1. The minimum Gasteiger partial charge on any atom is -0.508 e. The second-order valence-corrected chi connectivity index (χ2v) is 3.35. The Kier molecular flexibility index (Phi) is 3.51. The second kappa shape index (κ2) is 4.65. The van der Waals surface area contributed by atoms with Gasteiger partial charge in [-0.1, -0.05) is 6.07 Å². The summed E-state index contributed by atoms with van der Waals surface area (Å²) in [5.41, 5.74) is 6.12. The quantitative estimate of drug-likeness (QED) is 0.662. The molecule has 1 atom stereocenters.